The quantitative estimate of drug-likeness (QED) is 0.463. The van der Waals surface area contributed by atoms with Crippen LogP contribution in [0.5, 0.6) is 0 Å². The Morgan fingerprint density at radius 1 is 1.03 bits per heavy atom. The number of anilines is 2. The van der Waals surface area contributed by atoms with E-state index in [4.69, 9.17) is 0 Å². The van der Waals surface area contributed by atoms with E-state index in [-0.39, 0.29) is 17.9 Å². The fraction of sp³-hybridized carbons (Fsp3) is 0.160. The van der Waals surface area contributed by atoms with Gasteiger partial charge in [-0.3, -0.25) is 4.79 Å². The first-order valence-corrected chi connectivity index (χ1v) is 10.2. The summed E-state index contributed by atoms with van der Waals surface area (Å²) in [4.78, 5) is 21.1. The number of H-pyrrole nitrogens is 1. The molecular formula is C25H20FN3O. The standard InChI is InChI=1S/C25H20FN3O/c1-15-6-4-10-20-23(15)29(17-8-5-7-16(26)14-17)24-22-19(12-13-28(24)25(20)30)18-9-2-3-11-21(18)27-22/h2-11,14,24,27H,12-13H2,1H3. The molecule has 1 amide bonds. The van der Waals surface area contributed by atoms with Crippen molar-refractivity contribution >= 4 is 28.2 Å². The fourth-order valence-electron chi connectivity index (χ4n) is 5.03. The average Bonchev–Trinajstić information content (AvgIpc) is 3.13. The van der Waals surface area contributed by atoms with Crippen LogP contribution in [0.4, 0.5) is 15.8 Å². The summed E-state index contributed by atoms with van der Waals surface area (Å²) in [7, 11) is 0. The lowest BCUT2D eigenvalue weighted by Gasteiger charge is -2.48. The van der Waals surface area contributed by atoms with Gasteiger partial charge in [0, 0.05) is 23.1 Å². The summed E-state index contributed by atoms with van der Waals surface area (Å²) in [5.74, 6) is -0.269. The Morgan fingerprint density at radius 2 is 1.87 bits per heavy atom. The summed E-state index contributed by atoms with van der Waals surface area (Å²) in [6.45, 7) is 2.63. The molecule has 6 rings (SSSR count). The highest BCUT2D eigenvalue weighted by molar-refractivity contribution is 6.04. The van der Waals surface area contributed by atoms with Crippen LogP contribution in [0.25, 0.3) is 10.9 Å². The first kappa shape index (κ1) is 17.3. The van der Waals surface area contributed by atoms with E-state index in [2.05, 4.69) is 22.0 Å². The predicted octanol–water partition coefficient (Wildman–Crippen LogP) is 5.46. The van der Waals surface area contributed by atoms with Gasteiger partial charge in [-0.25, -0.2) is 4.39 Å². The number of hydrogen-bond donors (Lipinski definition) is 1. The van der Waals surface area contributed by atoms with Gasteiger partial charge in [0.2, 0.25) is 0 Å². The third-order valence-electron chi connectivity index (χ3n) is 6.30. The molecule has 5 heteroatoms. The van der Waals surface area contributed by atoms with Crippen molar-refractivity contribution in [1.29, 1.82) is 0 Å². The average molecular weight is 397 g/mol. The molecule has 0 saturated carbocycles. The van der Waals surface area contributed by atoms with Gasteiger partial charge in [0.1, 0.15) is 5.82 Å². The second-order valence-corrected chi connectivity index (χ2v) is 8.01. The SMILES string of the molecule is Cc1cccc2c1N(c1cccc(F)c1)C1c3[nH]c4ccccc4c3CCN1C2=O. The van der Waals surface area contributed by atoms with Crippen molar-refractivity contribution in [2.45, 2.75) is 19.5 Å². The van der Waals surface area contributed by atoms with Crippen LogP contribution in [0.2, 0.25) is 0 Å². The van der Waals surface area contributed by atoms with Crippen LogP contribution < -0.4 is 4.90 Å². The van der Waals surface area contributed by atoms with E-state index >= 15 is 0 Å². The number of rotatable bonds is 1. The van der Waals surface area contributed by atoms with Gasteiger partial charge in [-0.05, 0) is 54.8 Å². The van der Waals surface area contributed by atoms with Gasteiger partial charge in [0.05, 0.1) is 16.9 Å². The van der Waals surface area contributed by atoms with Crippen LogP contribution in [0.15, 0.2) is 66.7 Å². The van der Waals surface area contributed by atoms with Gasteiger partial charge in [-0.15, -0.1) is 0 Å². The highest BCUT2D eigenvalue weighted by Gasteiger charge is 2.44. The molecule has 0 aliphatic carbocycles. The molecule has 2 aliphatic heterocycles. The number of halogens is 1. The molecule has 0 spiro atoms. The van der Waals surface area contributed by atoms with Crippen molar-refractivity contribution in [2.75, 3.05) is 11.4 Å². The lowest BCUT2D eigenvalue weighted by Crippen LogP contribution is -2.51. The van der Waals surface area contributed by atoms with Crippen molar-refractivity contribution in [3.8, 4) is 0 Å². The minimum absolute atomic E-state index is 0.0238. The lowest BCUT2D eigenvalue weighted by molar-refractivity contribution is 0.0641. The number of aromatic nitrogens is 1. The minimum atomic E-state index is -0.343. The molecule has 1 atom stereocenters. The number of nitrogens with one attached hydrogen (secondary N) is 1. The number of benzene rings is 3. The van der Waals surface area contributed by atoms with Crippen LogP contribution in [0, 0.1) is 12.7 Å². The van der Waals surface area contributed by atoms with Gasteiger partial charge >= 0.3 is 0 Å². The van der Waals surface area contributed by atoms with E-state index in [1.54, 1.807) is 12.1 Å². The number of fused-ring (bicyclic) bond motifs is 6. The second kappa shape index (κ2) is 6.20. The molecule has 0 radical (unpaired) electrons. The largest absolute Gasteiger partial charge is 0.355 e. The highest BCUT2D eigenvalue weighted by Crippen LogP contribution is 2.48. The Labute approximate surface area is 173 Å². The Kier molecular flexibility index (Phi) is 3.57. The van der Waals surface area contributed by atoms with Crippen molar-refractivity contribution in [3.63, 3.8) is 0 Å². The van der Waals surface area contributed by atoms with Gasteiger partial charge in [0.25, 0.3) is 5.91 Å². The molecule has 148 valence electrons. The molecular weight excluding hydrogens is 377 g/mol. The fourth-order valence-corrected chi connectivity index (χ4v) is 5.03. The van der Waals surface area contributed by atoms with E-state index < -0.39 is 0 Å². The Bertz CT molecular complexity index is 1330. The summed E-state index contributed by atoms with van der Waals surface area (Å²) in [5, 5.41) is 1.19. The Hall–Kier alpha value is -3.60. The van der Waals surface area contributed by atoms with Crippen molar-refractivity contribution in [1.82, 2.24) is 9.88 Å². The summed E-state index contributed by atoms with van der Waals surface area (Å²) in [6.07, 6.45) is 0.448. The second-order valence-electron chi connectivity index (χ2n) is 8.01. The third-order valence-corrected chi connectivity index (χ3v) is 6.30. The summed E-state index contributed by atoms with van der Waals surface area (Å²) < 4.78 is 14.2. The van der Waals surface area contributed by atoms with Crippen molar-refractivity contribution in [2.24, 2.45) is 0 Å². The molecule has 30 heavy (non-hydrogen) atoms. The number of amides is 1. The zero-order chi connectivity index (χ0) is 20.4. The first-order valence-electron chi connectivity index (χ1n) is 10.2. The lowest BCUT2D eigenvalue weighted by atomic mass is 9.93. The Balaban J connectivity index is 1.67. The van der Waals surface area contributed by atoms with E-state index in [0.29, 0.717) is 12.1 Å². The van der Waals surface area contributed by atoms with Gasteiger partial charge in [-0.2, -0.15) is 0 Å². The number of carbonyl (C=O) groups excluding carboxylic acids is 1. The smallest absolute Gasteiger partial charge is 0.257 e. The summed E-state index contributed by atoms with van der Waals surface area (Å²) >= 11 is 0. The molecule has 3 aromatic carbocycles. The van der Waals surface area contributed by atoms with Crippen LogP contribution in [-0.4, -0.2) is 22.3 Å². The van der Waals surface area contributed by atoms with Gasteiger partial charge < -0.3 is 14.8 Å². The monoisotopic (exact) mass is 397 g/mol. The maximum Gasteiger partial charge on any atom is 0.257 e. The predicted molar refractivity (Wildman–Crippen MR) is 115 cm³/mol. The topological polar surface area (TPSA) is 39.3 Å². The maximum absolute atomic E-state index is 14.2. The Morgan fingerprint density at radius 3 is 2.73 bits per heavy atom. The number of aromatic amines is 1. The highest BCUT2D eigenvalue weighted by atomic mass is 19.1. The van der Waals surface area contributed by atoms with E-state index in [9.17, 15) is 9.18 Å². The third kappa shape index (κ3) is 2.29. The van der Waals surface area contributed by atoms with E-state index in [1.807, 2.05) is 48.2 Å². The zero-order valence-electron chi connectivity index (χ0n) is 16.5. The normalized spacial score (nSPS) is 17.7. The minimum Gasteiger partial charge on any atom is -0.355 e. The summed E-state index contributed by atoms with van der Waals surface area (Å²) in [5.41, 5.74) is 6.54. The maximum atomic E-state index is 14.2. The van der Waals surface area contributed by atoms with Gasteiger partial charge in [0.15, 0.2) is 6.17 Å². The molecule has 3 heterocycles. The molecule has 0 fully saturated rings. The molecule has 1 aromatic heterocycles. The van der Waals surface area contributed by atoms with Crippen LogP contribution in [0.3, 0.4) is 0 Å². The van der Waals surface area contributed by atoms with Gasteiger partial charge in [-0.1, -0.05) is 36.4 Å². The number of aryl methyl sites for hydroxylation is 1. The molecule has 0 saturated heterocycles. The number of hydrogen-bond acceptors (Lipinski definition) is 2. The first-order chi connectivity index (χ1) is 14.6. The van der Waals surface area contributed by atoms with Crippen LogP contribution in [-0.2, 0) is 6.42 Å². The van der Waals surface area contributed by atoms with Crippen molar-refractivity contribution < 1.29 is 9.18 Å². The molecule has 4 aromatic rings. The number of nitrogens with zero attached hydrogens (tertiary/aromatic N) is 2. The van der Waals surface area contributed by atoms with Crippen LogP contribution >= 0.6 is 0 Å². The van der Waals surface area contributed by atoms with E-state index in [1.165, 1.54) is 17.0 Å². The van der Waals surface area contributed by atoms with Crippen molar-refractivity contribution in [3.05, 3.63) is 94.9 Å². The number of para-hydroxylation sites is 2. The summed E-state index contributed by atoms with van der Waals surface area (Å²) in [6, 6.07) is 20.6. The van der Waals surface area contributed by atoms with Crippen LogP contribution in [0.1, 0.15) is 33.3 Å². The zero-order valence-corrected chi connectivity index (χ0v) is 16.5. The molecule has 4 nitrogen and oxygen atoms in total. The van der Waals surface area contributed by atoms with E-state index in [0.717, 1.165) is 34.6 Å². The molecule has 1 N–H and O–H groups in total. The molecule has 2 aliphatic rings. The molecule has 0 bridgehead atoms. The number of carbonyl (C=O) groups is 1. The molecule has 1 unspecified atom stereocenters.